The van der Waals surface area contributed by atoms with Gasteiger partial charge in [-0.3, -0.25) is 0 Å². The van der Waals surface area contributed by atoms with Crippen molar-refractivity contribution in [3.63, 3.8) is 0 Å². The highest BCUT2D eigenvalue weighted by atomic mass is 14.3. The predicted octanol–water partition coefficient (Wildman–Crippen LogP) is 5.64. The zero-order chi connectivity index (χ0) is 15.1. The van der Waals surface area contributed by atoms with Gasteiger partial charge in [0.1, 0.15) is 0 Å². The zero-order valence-electron chi connectivity index (χ0n) is 14.5. The maximum absolute atomic E-state index is 8.74. The van der Waals surface area contributed by atoms with Crippen molar-refractivity contribution in [1.82, 2.24) is 0 Å². The Labute approximate surface area is 116 Å². The van der Waals surface area contributed by atoms with Crippen LogP contribution >= 0.6 is 0 Å². The van der Waals surface area contributed by atoms with Gasteiger partial charge < -0.3 is 0 Å². The molecule has 1 aromatic rings. The second-order valence-electron chi connectivity index (χ2n) is 5.95. The summed E-state index contributed by atoms with van der Waals surface area (Å²) in [5.41, 5.74) is 2.19. The first-order valence-corrected chi connectivity index (χ1v) is 7.44. The number of hydrogen-bond acceptors (Lipinski definition) is 0. The average molecular weight is 245 g/mol. The Morgan fingerprint density at radius 2 is 1.22 bits per heavy atom. The van der Waals surface area contributed by atoms with Crippen LogP contribution in [0, 0.1) is 5.89 Å². The number of benzene rings is 1. The van der Waals surface area contributed by atoms with Gasteiger partial charge in [-0.1, -0.05) is 56.9 Å². The third-order valence-electron chi connectivity index (χ3n) is 4.62. The molecule has 1 aromatic carbocycles. The van der Waals surface area contributed by atoms with E-state index < -0.39 is 5.89 Å². The SMILES string of the molecule is [2H]C1(C)CCC([2H])(c2ccc(C3([2H])CCCC3)cc2)CC1. The first kappa shape index (κ1) is 9.18. The molecule has 0 N–H and O–H groups in total. The van der Waals surface area contributed by atoms with Gasteiger partial charge in [-0.2, -0.15) is 0 Å². The van der Waals surface area contributed by atoms with Crippen molar-refractivity contribution in [2.75, 3.05) is 0 Å². The third kappa shape index (κ3) is 2.63. The van der Waals surface area contributed by atoms with Gasteiger partial charge >= 0.3 is 0 Å². The topological polar surface area (TPSA) is 0 Å². The summed E-state index contributed by atoms with van der Waals surface area (Å²) in [5, 5.41) is 0. The lowest BCUT2D eigenvalue weighted by Gasteiger charge is -2.26. The summed E-state index contributed by atoms with van der Waals surface area (Å²) in [4.78, 5) is 0. The molecule has 0 nitrogen and oxygen atoms in total. The Bertz CT molecular complexity index is 488. The van der Waals surface area contributed by atoms with E-state index in [-0.39, 0.29) is 11.8 Å². The molecule has 0 aliphatic heterocycles. The summed E-state index contributed by atoms with van der Waals surface area (Å²) in [6.45, 7) is 1.99. The quantitative estimate of drug-likeness (QED) is 0.632. The molecular weight excluding hydrogens is 216 g/mol. The molecule has 0 heterocycles. The van der Waals surface area contributed by atoms with Gasteiger partial charge in [-0.15, -0.1) is 0 Å². The molecule has 2 aliphatic rings. The largest absolute Gasteiger partial charge is 0.0625 e. The van der Waals surface area contributed by atoms with Gasteiger partial charge in [-0.05, 0) is 54.5 Å². The Morgan fingerprint density at radius 3 is 1.72 bits per heavy atom. The number of hydrogen-bond donors (Lipinski definition) is 0. The Balaban J connectivity index is 1.78. The summed E-state index contributed by atoms with van der Waals surface area (Å²) in [7, 11) is 0. The minimum atomic E-state index is -0.524. The van der Waals surface area contributed by atoms with E-state index >= 15 is 0 Å². The fourth-order valence-corrected chi connectivity index (χ4v) is 3.30. The van der Waals surface area contributed by atoms with E-state index in [4.69, 9.17) is 4.11 Å². The van der Waals surface area contributed by atoms with Crippen molar-refractivity contribution in [3.05, 3.63) is 35.4 Å². The second kappa shape index (κ2) is 5.47. The van der Waals surface area contributed by atoms with E-state index in [1.54, 1.807) is 0 Å². The van der Waals surface area contributed by atoms with Crippen LogP contribution in [0.5, 0.6) is 0 Å². The van der Waals surface area contributed by atoms with Crippen LogP contribution in [0.3, 0.4) is 0 Å². The zero-order valence-corrected chi connectivity index (χ0v) is 11.5. The van der Waals surface area contributed by atoms with Crippen LogP contribution in [0.4, 0.5) is 0 Å². The molecule has 0 bridgehead atoms. The van der Waals surface area contributed by atoms with Gasteiger partial charge in [0.25, 0.3) is 0 Å². The fraction of sp³-hybridized carbons (Fsp3) is 0.667. The van der Waals surface area contributed by atoms with Crippen LogP contribution < -0.4 is 0 Å². The summed E-state index contributed by atoms with van der Waals surface area (Å²) in [5.74, 6) is -1.26. The van der Waals surface area contributed by atoms with Crippen molar-refractivity contribution in [2.24, 2.45) is 5.89 Å². The van der Waals surface area contributed by atoms with Gasteiger partial charge in [0.2, 0.25) is 0 Å². The maximum Gasteiger partial charge on any atom is 0.0352 e. The highest BCUT2D eigenvalue weighted by Crippen LogP contribution is 2.37. The molecule has 3 rings (SSSR count). The van der Waals surface area contributed by atoms with Crippen molar-refractivity contribution >= 4 is 0 Å². The Morgan fingerprint density at radius 1 is 0.778 bits per heavy atom. The van der Waals surface area contributed by atoms with Gasteiger partial charge in [0.15, 0.2) is 0 Å². The molecule has 0 radical (unpaired) electrons. The standard InChI is InChI=1S/C18H26/c1-14-6-8-16(9-7-14)18-12-10-17(11-13-18)15-4-2-3-5-15/h10-16H,2-9H2,1H3/i14D,15D,16D. The van der Waals surface area contributed by atoms with E-state index in [1.165, 1.54) is 0 Å². The number of rotatable bonds is 2. The van der Waals surface area contributed by atoms with Crippen LogP contribution in [0.25, 0.3) is 0 Å². The van der Waals surface area contributed by atoms with Crippen LogP contribution in [0.2, 0.25) is 0 Å². The molecular formula is C18H26. The lowest BCUT2D eigenvalue weighted by Crippen LogP contribution is -2.10. The van der Waals surface area contributed by atoms with E-state index in [9.17, 15) is 0 Å². The molecule has 0 spiro atoms. The molecule has 0 atom stereocenters. The van der Waals surface area contributed by atoms with Gasteiger partial charge in [-0.25, -0.2) is 0 Å². The highest BCUT2D eigenvalue weighted by molar-refractivity contribution is 5.28. The van der Waals surface area contributed by atoms with Crippen LogP contribution in [0.15, 0.2) is 24.3 Å². The van der Waals surface area contributed by atoms with E-state index in [1.807, 2.05) is 6.92 Å². The maximum atomic E-state index is 8.74. The highest BCUT2D eigenvalue weighted by Gasteiger charge is 2.21. The second-order valence-corrected chi connectivity index (χ2v) is 5.95. The van der Waals surface area contributed by atoms with Gasteiger partial charge in [0.05, 0.1) is 0 Å². The lowest BCUT2D eigenvalue weighted by molar-refractivity contribution is 0.348. The Hall–Kier alpha value is -0.780. The van der Waals surface area contributed by atoms with E-state index in [2.05, 4.69) is 24.3 Å². The van der Waals surface area contributed by atoms with Crippen molar-refractivity contribution in [3.8, 4) is 0 Å². The Kier molecular flexibility index (Phi) is 2.79. The van der Waals surface area contributed by atoms with E-state index in [0.717, 1.165) is 62.5 Å². The molecule has 0 aromatic heterocycles. The molecule has 98 valence electrons. The molecule has 2 aliphatic carbocycles. The minimum absolute atomic E-state index is 0.348. The van der Waals surface area contributed by atoms with Crippen LogP contribution in [-0.4, -0.2) is 0 Å². The van der Waals surface area contributed by atoms with Crippen molar-refractivity contribution in [2.45, 2.75) is 70.1 Å². The summed E-state index contributed by atoms with van der Waals surface area (Å²) in [6, 6.07) is 8.31. The van der Waals surface area contributed by atoms with Crippen molar-refractivity contribution < 1.29 is 4.11 Å². The third-order valence-corrected chi connectivity index (χ3v) is 4.62. The average Bonchev–Trinajstić information content (AvgIpc) is 2.91. The first-order valence-electron chi connectivity index (χ1n) is 8.94. The lowest BCUT2D eigenvalue weighted by atomic mass is 9.79. The monoisotopic (exact) mass is 245 g/mol. The predicted molar refractivity (Wildman–Crippen MR) is 78.0 cm³/mol. The first-order chi connectivity index (χ1) is 9.83. The fourth-order valence-electron chi connectivity index (χ4n) is 3.30. The minimum Gasteiger partial charge on any atom is -0.0625 e. The summed E-state index contributed by atoms with van der Waals surface area (Å²) < 4.78 is 25.4. The molecule has 2 fully saturated rings. The van der Waals surface area contributed by atoms with Gasteiger partial charge in [0, 0.05) is 4.11 Å². The summed E-state index contributed by atoms with van der Waals surface area (Å²) >= 11 is 0. The van der Waals surface area contributed by atoms with Crippen molar-refractivity contribution in [1.29, 1.82) is 0 Å². The van der Waals surface area contributed by atoms with Crippen LogP contribution in [-0.2, 0) is 0 Å². The smallest absolute Gasteiger partial charge is 0.0352 e. The molecule has 0 saturated heterocycles. The normalized spacial score (nSPS) is 41.9. The summed E-state index contributed by atoms with van der Waals surface area (Å²) in [6.07, 6.45) is 7.43. The molecule has 18 heavy (non-hydrogen) atoms. The molecule has 0 unspecified atom stereocenters. The molecule has 0 amide bonds. The molecule has 0 heteroatoms. The van der Waals surface area contributed by atoms with E-state index in [0.29, 0.717) is 0 Å². The van der Waals surface area contributed by atoms with Crippen LogP contribution in [0.1, 0.15) is 85.3 Å². The molecule has 2 saturated carbocycles.